The number of halogens is 1. The van der Waals surface area contributed by atoms with Crippen molar-refractivity contribution in [1.82, 2.24) is 14.6 Å². The molecule has 1 aromatic carbocycles. The van der Waals surface area contributed by atoms with Crippen LogP contribution in [0.1, 0.15) is 35.2 Å². The van der Waals surface area contributed by atoms with E-state index >= 15 is 0 Å². The molecule has 0 amide bonds. The first-order chi connectivity index (χ1) is 11.6. The molecule has 1 aliphatic carbocycles. The van der Waals surface area contributed by atoms with Crippen LogP contribution in [0.2, 0.25) is 5.02 Å². The van der Waals surface area contributed by atoms with E-state index in [1.807, 2.05) is 24.3 Å². The lowest BCUT2D eigenvalue weighted by molar-refractivity contribution is 0.651. The van der Waals surface area contributed by atoms with Gasteiger partial charge in [-0.2, -0.15) is 4.52 Å². The summed E-state index contributed by atoms with van der Waals surface area (Å²) < 4.78 is 1.32. The van der Waals surface area contributed by atoms with Gasteiger partial charge >= 0.3 is 0 Å². The summed E-state index contributed by atoms with van der Waals surface area (Å²) in [5.74, 6) is 0. The fraction of sp³-hybridized carbons (Fsp3) is 0.222. The molecule has 0 atom stereocenters. The van der Waals surface area contributed by atoms with Crippen LogP contribution < -0.4 is 11.1 Å². The van der Waals surface area contributed by atoms with Gasteiger partial charge in [0.2, 0.25) is 0 Å². The maximum atomic E-state index is 12.6. The first-order valence-corrected chi connectivity index (χ1v) is 8.34. The van der Waals surface area contributed by atoms with Gasteiger partial charge in [0.15, 0.2) is 0 Å². The maximum absolute atomic E-state index is 12.6. The van der Waals surface area contributed by atoms with E-state index in [9.17, 15) is 9.59 Å². The first kappa shape index (κ1) is 15.0. The van der Waals surface area contributed by atoms with E-state index in [0.717, 1.165) is 42.5 Å². The second-order valence-electron chi connectivity index (χ2n) is 6.02. The summed E-state index contributed by atoms with van der Waals surface area (Å²) in [5.41, 5.74) is 3.17. The number of rotatable bonds is 2. The molecule has 0 unspecified atom stereocenters. The summed E-state index contributed by atoms with van der Waals surface area (Å²) in [7, 11) is 0. The van der Waals surface area contributed by atoms with Crippen LogP contribution in [0.25, 0.3) is 17.8 Å². The molecule has 4 rings (SSSR count). The molecule has 2 heterocycles. The monoisotopic (exact) mass is 341 g/mol. The van der Waals surface area contributed by atoms with Crippen molar-refractivity contribution in [3.8, 4) is 0 Å². The van der Waals surface area contributed by atoms with Gasteiger partial charge in [-0.3, -0.25) is 14.7 Å². The number of hydrogen-bond donors (Lipinski definition) is 2. The van der Waals surface area contributed by atoms with Gasteiger partial charge in [0.05, 0.1) is 5.56 Å². The highest BCUT2D eigenvalue weighted by molar-refractivity contribution is 6.30. The second kappa shape index (κ2) is 5.83. The average molecular weight is 342 g/mol. The summed E-state index contributed by atoms with van der Waals surface area (Å²) >= 11 is 5.98. The number of nitrogens with zero attached hydrogens (tertiary/aromatic N) is 1. The lowest BCUT2D eigenvalue weighted by Crippen LogP contribution is -2.25. The van der Waals surface area contributed by atoms with E-state index < -0.39 is 0 Å². The zero-order chi connectivity index (χ0) is 16.7. The lowest BCUT2D eigenvalue weighted by atomic mass is 9.97. The predicted octanol–water partition coefficient (Wildman–Crippen LogP) is 3.02. The Kier molecular flexibility index (Phi) is 3.65. The fourth-order valence-corrected chi connectivity index (χ4v) is 3.42. The Morgan fingerprint density at radius 3 is 2.79 bits per heavy atom. The Morgan fingerprint density at radius 2 is 1.96 bits per heavy atom. The van der Waals surface area contributed by atoms with E-state index in [4.69, 9.17) is 11.6 Å². The smallest absolute Gasteiger partial charge is 0.276 e. The van der Waals surface area contributed by atoms with Gasteiger partial charge in [0.1, 0.15) is 5.65 Å². The van der Waals surface area contributed by atoms with E-state index in [2.05, 4.69) is 10.1 Å². The zero-order valence-electron chi connectivity index (χ0n) is 12.9. The maximum Gasteiger partial charge on any atom is 0.276 e. The highest BCUT2D eigenvalue weighted by Gasteiger charge is 2.18. The molecule has 0 aliphatic heterocycles. The van der Waals surface area contributed by atoms with Gasteiger partial charge in [-0.1, -0.05) is 29.8 Å². The van der Waals surface area contributed by atoms with Gasteiger partial charge in [-0.15, -0.1) is 0 Å². The Labute approximate surface area is 142 Å². The van der Waals surface area contributed by atoms with E-state index in [1.54, 1.807) is 12.1 Å². The third-order valence-corrected chi connectivity index (χ3v) is 4.66. The standard InChI is InChI=1S/C18H16ClN3O2/c19-12-5-3-4-11(10-12)8-9-14-16-20-15-7-2-1-6-13(15)18(24)22(16)21-17(14)23/h3-5,8-10,20H,1-2,6-7H2,(H,21,23)/b9-8+. The average Bonchev–Trinajstić information content (AvgIpc) is 2.89. The minimum atomic E-state index is -0.288. The summed E-state index contributed by atoms with van der Waals surface area (Å²) in [5, 5.41) is 3.27. The molecule has 5 nitrogen and oxygen atoms in total. The van der Waals surface area contributed by atoms with Crippen molar-refractivity contribution in [2.24, 2.45) is 0 Å². The number of fused-ring (bicyclic) bond motifs is 2. The molecule has 2 N–H and O–H groups in total. The number of aryl methyl sites for hydroxylation is 1. The first-order valence-electron chi connectivity index (χ1n) is 7.96. The van der Waals surface area contributed by atoms with Crippen LogP contribution in [0.4, 0.5) is 0 Å². The van der Waals surface area contributed by atoms with Gasteiger partial charge in [0.25, 0.3) is 11.1 Å². The molecule has 3 aromatic rings. The van der Waals surface area contributed by atoms with Gasteiger partial charge < -0.3 is 4.98 Å². The number of aromatic nitrogens is 3. The van der Waals surface area contributed by atoms with Crippen molar-refractivity contribution < 1.29 is 0 Å². The Bertz CT molecular complexity index is 1070. The van der Waals surface area contributed by atoms with Crippen LogP contribution in [0.5, 0.6) is 0 Å². The summed E-state index contributed by atoms with van der Waals surface area (Å²) in [4.78, 5) is 28.1. The molecule has 0 fully saturated rings. The van der Waals surface area contributed by atoms with Crippen molar-refractivity contribution in [3.05, 3.63) is 72.4 Å². The number of benzene rings is 1. The van der Waals surface area contributed by atoms with Crippen LogP contribution in [-0.4, -0.2) is 14.6 Å². The molecular weight excluding hydrogens is 326 g/mol. The highest BCUT2D eigenvalue weighted by atomic mass is 35.5. The SMILES string of the molecule is O=c1[nH]n2c(=O)c3c([nH]c2c1/C=C/c1cccc(Cl)c1)CCCC3. The summed E-state index contributed by atoms with van der Waals surface area (Å²) in [6, 6.07) is 7.36. The minimum Gasteiger partial charge on any atom is -0.343 e. The summed E-state index contributed by atoms with van der Waals surface area (Å²) in [6.07, 6.45) is 7.20. The molecule has 0 radical (unpaired) electrons. The Balaban J connectivity index is 1.87. The van der Waals surface area contributed by atoms with Crippen LogP contribution in [0.15, 0.2) is 33.9 Å². The number of hydrogen-bond acceptors (Lipinski definition) is 2. The van der Waals surface area contributed by atoms with E-state index in [-0.39, 0.29) is 11.1 Å². The largest absolute Gasteiger partial charge is 0.343 e. The molecule has 0 saturated carbocycles. The third-order valence-electron chi connectivity index (χ3n) is 4.43. The lowest BCUT2D eigenvalue weighted by Gasteiger charge is -2.14. The van der Waals surface area contributed by atoms with E-state index in [1.165, 1.54) is 4.52 Å². The van der Waals surface area contributed by atoms with Gasteiger partial charge in [-0.25, -0.2) is 0 Å². The van der Waals surface area contributed by atoms with Gasteiger partial charge in [-0.05, 0) is 49.5 Å². The quantitative estimate of drug-likeness (QED) is 0.752. The van der Waals surface area contributed by atoms with Crippen molar-refractivity contribution in [3.63, 3.8) is 0 Å². The Hall–Kier alpha value is -2.53. The number of nitrogens with one attached hydrogen (secondary N) is 2. The number of aromatic amines is 2. The third kappa shape index (κ3) is 2.51. The minimum absolute atomic E-state index is 0.127. The van der Waals surface area contributed by atoms with Crippen molar-refractivity contribution in [2.75, 3.05) is 0 Å². The van der Waals surface area contributed by atoms with Crippen LogP contribution in [0, 0.1) is 0 Å². The molecule has 0 bridgehead atoms. The molecule has 0 spiro atoms. The zero-order valence-corrected chi connectivity index (χ0v) is 13.7. The second-order valence-corrected chi connectivity index (χ2v) is 6.46. The molecule has 1 aliphatic rings. The molecule has 0 saturated heterocycles. The molecule has 122 valence electrons. The topological polar surface area (TPSA) is 70.1 Å². The molecule has 6 heteroatoms. The van der Waals surface area contributed by atoms with Gasteiger partial charge in [0, 0.05) is 16.3 Å². The molecule has 24 heavy (non-hydrogen) atoms. The van der Waals surface area contributed by atoms with Crippen LogP contribution in [-0.2, 0) is 12.8 Å². The van der Waals surface area contributed by atoms with Crippen molar-refractivity contribution >= 4 is 29.4 Å². The van der Waals surface area contributed by atoms with Crippen LogP contribution >= 0.6 is 11.6 Å². The highest BCUT2D eigenvalue weighted by Crippen LogP contribution is 2.18. The Morgan fingerprint density at radius 1 is 1.12 bits per heavy atom. The fourth-order valence-electron chi connectivity index (χ4n) is 3.22. The van der Waals surface area contributed by atoms with Crippen molar-refractivity contribution in [1.29, 1.82) is 0 Å². The summed E-state index contributed by atoms with van der Waals surface area (Å²) in [6.45, 7) is 0. The number of H-pyrrole nitrogens is 2. The molecular formula is C18H16ClN3O2. The predicted molar refractivity (Wildman–Crippen MR) is 95.7 cm³/mol. The normalized spacial score (nSPS) is 14.4. The molecule has 2 aromatic heterocycles. The van der Waals surface area contributed by atoms with E-state index in [0.29, 0.717) is 16.2 Å². The van der Waals surface area contributed by atoms with Crippen molar-refractivity contribution in [2.45, 2.75) is 25.7 Å². The van der Waals surface area contributed by atoms with Crippen LogP contribution in [0.3, 0.4) is 0 Å².